The van der Waals surface area contributed by atoms with Gasteiger partial charge in [-0.05, 0) is 42.5 Å². The summed E-state index contributed by atoms with van der Waals surface area (Å²) in [5, 5.41) is 11.1. The predicted molar refractivity (Wildman–Crippen MR) is 100 cm³/mol. The third-order valence-corrected chi connectivity index (χ3v) is 4.37. The maximum absolute atomic E-state index is 12.0. The van der Waals surface area contributed by atoms with Crippen LogP contribution in [0.2, 0.25) is 0 Å². The lowest BCUT2D eigenvalue weighted by Gasteiger charge is -2.22. The number of benzene rings is 2. The molecule has 0 atom stereocenters. The molecular weight excluding hydrogens is 314 g/mol. The standard InChI is InChI=1S/C21H27NO3/c1-5-16-11-12-19(15(4)13-16)25-14-18-10-8-9-17(6-2)21(18)22(24)20(23)7-3/h8-13,24H,5-7,14H2,1-4H3. The number of anilines is 1. The first-order chi connectivity index (χ1) is 12.0. The van der Waals surface area contributed by atoms with E-state index in [-0.39, 0.29) is 12.3 Å². The molecule has 4 nitrogen and oxygen atoms in total. The third kappa shape index (κ3) is 4.40. The largest absolute Gasteiger partial charge is 0.489 e. The number of hydrogen-bond donors (Lipinski definition) is 1. The van der Waals surface area contributed by atoms with Gasteiger partial charge in [0.1, 0.15) is 12.4 Å². The van der Waals surface area contributed by atoms with Crippen molar-refractivity contribution in [3.63, 3.8) is 0 Å². The van der Waals surface area contributed by atoms with Crippen molar-refractivity contribution in [3.05, 3.63) is 58.7 Å². The van der Waals surface area contributed by atoms with Crippen LogP contribution in [0, 0.1) is 6.92 Å². The van der Waals surface area contributed by atoms with E-state index in [1.54, 1.807) is 6.92 Å². The number of para-hydroxylation sites is 1. The summed E-state index contributed by atoms with van der Waals surface area (Å²) in [7, 11) is 0. The first-order valence-corrected chi connectivity index (χ1v) is 8.86. The van der Waals surface area contributed by atoms with Crippen LogP contribution in [0.15, 0.2) is 36.4 Å². The van der Waals surface area contributed by atoms with E-state index in [0.29, 0.717) is 12.3 Å². The van der Waals surface area contributed by atoms with Gasteiger partial charge in [-0.15, -0.1) is 0 Å². The lowest BCUT2D eigenvalue weighted by molar-refractivity contribution is -0.123. The molecule has 0 radical (unpaired) electrons. The van der Waals surface area contributed by atoms with Crippen LogP contribution >= 0.6 is 0 Å². The molecule has 0 spiro atoms. The molecule has 0 aromatic heterocycles. The quantitative estimate of drug-likeness (QED) is 0.579. The summed E-state index contributed by atoms with van der Waals surface area (Å²) in [6.45, 7) is 8.18. The van der Waals surface area contributed by atoms with Crippen molar-refractivity contribution in [2.75, 3.05) is 5.06 Å². The summed E-state index contributed by atoms with van der Waals surface area (Å²) < 4.78 is 5.98. The number of ether oxygens (including phenoxy) is 1. The van der Waals surface area contributed by atoms with Crippen molar-refractivity contribution < 1.29 is 14.7 Å². The van der Waals surface area contributed by atoms with Crippen LogP contribution in [-0.2, 0) is 24.2 Å². The number of carbonyl (C=O) groups is 1. The minimum Gasteiger partial charge on any atom is -0.489 e. The molecule has 0 aliphatic rings. The lowest BCUT2D eigenvalue weighted by Crippen LogP contribution is -2.28. The van der Waals surface area contributed by atoms with E-state index in [4.69, 9.17) is 4.74 Å². The molecule has 0 aliphatic carbocycles. The Balaban J connectivity index is 2.29. The van der Waals surface area contributed by atoms with Crippen LogP contribution in [0.1, 0.15) is 49.4 Å². The second kappa shape index (κ2) is 8.67. The average Bonchev–Trinajstić information content (AvgIpc) is 2.65. The highest BCUT2D eigenvalue weighted by Crippen LogP contribution is 2.28. The molecule has 0 aliphatic heterocycles. The SMILES string of the molecule is CCC(=O)N(O)c1c(CC)cccc1COc1ccc(CC)cc1C. The highest BCUT2D eigenvalue weighted by Gasteiger charge is 2.19. The van der Waals surface area contributed by atoms with Crippen LogP contribution in [0.4, 0.5) is 5.69 Å². The fraction of sp³-hybridized carbons (Fsp3) is 0.381. The minimum atomic E-state index is -0.328. The molecule has 0 unspecified atom stereocenters. The van der Waals surface area contributed by atoms with Crippen molar-refractivity contribution in [1.29, 1.82) is 0 Å². The molecule has 0 heterocycles. The average molecular weight is 341 g/mol. The number of hydroxylamine groups is 1. The van der Waals surface area contributed by atoms with E-state index in [0.717, 1.165) is 40.3 Å². The molecule has 0 saturated heterocycles. The van der Waals surface area contributed by atoms with Crippen molar-refractivity contribution >= 4 is 11.6 Å². The highest BCUT2D eigenvalue weighted by molar-refractivity contribution is 5.92. The summed E-state index contributed by atoms with van der Waals surface area (Å²) in [5.74, 6) is 0.488. The number of aryl methyl sites for hydroxylation is 3. The van der Waals surface area contributed by atoms with Crippen molar-refractivity contribution in [2.24, 2.45) is 0 Å². The van der Waals surface area contributed by atoms with Crippen LogP contribution in [0.5, 0.6) is 5.75 Å². The number of nitrogens with zero attached hydrogens (tertiary/aromatic N) is 1. The van der Waals surface area contributed by atoms with Gasteiger partial charge in [0.15, 0.2) is 0 Å². The van der Waals surface area contributed by atoms with E-state index < -0.39 is 0 Å². The molecule has 2 aromatic rings. The maximum Gasteiger partial charge on any atom is 0.250 e. The zero-order chi connectivity index (χ0) is 18.4. The molecule has 0 bridgehead atoms. The van der Waals surface area contributed by atoms with Crippen molar-refractivity contribution in [2.45, 2.75) is 53.6 Å². The third-order valence-electron chi connectivity index (χ3n) is 4.37. The van der Waals surface area contributed by atoms with Gasteiger partial charge in [0.25, 0.3) is 0 Å². The predicted octanol–water partition coefficient (Wildman–Crippen LogP) is 4.83. The molecule has 0 fully saturated rings. The number of amides is 1. The van der Waals surface area contributed by atoms with Gasteiger partial charge >= 0.3 is 0 Å². The van der Waals surface area contributed by atoms with Gasteiger partial charge in [0, 0.05) is 12.0 Å². The summed E-state index contributed by atoms with van der Waals surface area (Å²) in [6.07, 6.45) is 1.95. The molecule has 134 valence electrons. The minimum absolute atomic E-state index is 0.242. The van der Waals surface area contributed by atoms with Crippen LogP contribution in [0.25, 0.3) is 0 Å². The second-order valence-electron chi connectivity index (χ2n) is 6.08. The van der Waals surface area contributed by atoms with Crippen LogP contribution in [-0.4, -0.2) is 11.1 Å². The molecule has 2 rings (SSSR count). The smallest absolute Gasteiger partial charge is 0.250 e. The first kappa shape index (κ1) is 19.0. The summed E-state index contributed by atoms with van der Waals surface area (Å²) in [5.41, 5.74) is 4.61. The van der Waals surface area contributed by atoms with Gasteiger partial charge < -0.3 is 4.74 Å². The van der Waals surface area contributed by atoms with Gasteiger partial charge in [-0.2, -0.15) is 5.06 Å². The monoisotopic (exact) mass is 341 g/mol. The zero-order valence-corrected chi connectivity index (χ0v) is 15.5. The Morgan fingerprint density at radius 2 is 1.80 bits per heavy atom. The van der Waals surface area contributed by atoms with E-state index in [1.807, 2.05) is 38.1 Å². The molecule has 0 saturated carbocycles. The van der Waals surface area contributed by atoms with Gasteiger partial charge in [-0.3, -0.25) is 10.0 Å². The molecular formula is C21H27NO3. The van der Waals surface area contributed by atoms with Crippen molar-refractivity contribution in [1.82, 2.24) is 0 Å². The van der Waals surface area contributed by atoms with Crippen LogP contribution in [0.3, 0.4) is 0 Å². The van der Waals surface area contributed by atoms with E-state index >= 15 is 0 Å². The Bertz CT molecular complexity index is 740. The molecule has 1 N–H and O–H groups in total. The molecule has 2 aromatic carbocycles. The Morgan fingerprint density at radius 3 is 2.40 bits per heavy atom. The summed E-state index contributed by atoms with van der Waals surface area (Å²) >= 11 is 0. The fourth-order valence-corrected chi connectivity index (χ4v) is 2.84. The Hall–Kier alpha value is -2.33. The van der Waals surface area contributed by atoms with Gasteiger partial charge in [0.2, 0.25) is 5.91 Å². The Labute approximate surface area is 150 Å². The van der Waals surface area contributed by atoms with Gasteiger partial charge in [-0.25, -0.2) is 0 Å². The number of hydrogen-bond acceptors (Lipinski definition) is 3. The van der Waals surface area contributed by atoms with Gasteiger partial charge in [0.05, 0.1) is 5.69 Å². The fourth-order valence-electron chi connectivity index (χ4n) is 2.84. The lowest BCUT2D eigenvalue weighted by atomic mass is 10.0. The van der Waals surface area contributed by atoms with E-state index in [9.17, 15) is 10.0 Å². The van der Waals surface area contributed by atoms with E-state index in [1.165, 1.54) is 5.56 Å². The second-order valence-corrected chi connectivity index (χ2v) is 6.08. The molecule has 25 heavy (non-hydrogen) atoms. The van der Waals surface area contributed by atoms with E-state index in [2.05, 4.69) is 19.1 Å². The Kier molecular flexibility index (Phi) is 6.59. The van der Waals surface area contributed by atoms with Crippen molar-refractivity contribution in [3.8, 4) is 5.75 Å². The number of carbonyl (C=O) groups excluding carboxylic acids is 1. The molecule has 4 heteroatoms. The van der Waals surface area contributed by atoms with Gasteiger partial charge in [-0.1, -0.05) is 51.1 Å². The topological polar surface area (TPSA) is 49.8 Å². The first-order valence-electron chi connectivity index (χ1n) is 8.86. The maximum atomic E-state index is 12.0. The highest BCUT2D eigenvalue weighted by atomic mass is 16.5. The summed E-state index contributed by atoms with van der Waals surface area (Å²) in [4.78, 5) is 12.0. The zero-order valence-electron chi connectivity index (χ0n) is 15.5. The summed E-state index contributed by atoms with van der Waals surface area (Å²) in [6, 6.07) is 11.9. The molecule has 1 amide bonds. The number of rotatable bonds is 7. The Morgan fingerprint density at radius 1 is 1.08 bits per heavy atom. The van der Waals surface area contributed by atoms with Crippen LogP contribution < -0.4 is 9.80 Å². The normalized spacial score (nSPS) is 10.6.